The van der Waals surface area contributed by atoms with Crippen LogP contribution in [0, 0.1) is 0 Å². The lowest BCUT2D eigenvalue weighted by Gasteiger charge is -2.12. The van der Waals surface area contributed by atoms with Gasteiger partial charge < -0.3 is 24.3 Å². The van der Waals surface area contributed by atoms with E-state index < -0.39 is 0 Å². The van der Waals surface area contributed by atoms with E-state index in [-0.39, 0.29) is 24.4 Å². The Bertz CT molecular complexity index is 827. The molecule has 2 aromatic rings. The average Bonchev–Trinajstić information content (AvgIpc) is 3.27. The number of benzene rings is 2. The van der Waals surface area contributed by atoms with Crippen molar-refractivity contribution in [3.8, 4) is 17.2 Å². The zero-order valence-corrected chi connectivity index (χ0v) is 15.9. The summed E-state index contributed by atoms with van der Waals surface area (Å²) in [5.41, 5.74) is 1.07. The van der Waals surface area contributed by atoms with Gasteiger partial charge in [0.1, 0.15) is 23.4 Å². The molecule has 1 fully saturated rings. The number of nitrogens with one attached hydrogen (secondary N) is 1. The maximum absolute atomic E-state index is 12.4. The molecular formula is C21H23NO6. The Kier molecular flexibility index (Phi) is 6.49. The van der Waals surface area contributed by atoms with Crippen molar-refractivity contribution < 1.29 is 28.5 Å². The Hall–Kier alpha value is -3.06. The lowest BCUT2D eigenvalue weighted by atomic mass is 10.1. The molecule has 0 aromatic heterocycles. The second-order valence-electron chi connectivity index (χ2n) is 6.29. The van der Waals surface area contributed by atoms with E-state index in [1.165, 1.54) is 7.11 Å². The second kappa shape index (κ2) is 9.23. The van der Waals surface area contributed by atoms with Crippen LogP contribution < -0.4 is 19.5 Å². The highest BCUT2D eigenvalue weighted by Crippen LogP contribution is 2.25. The smallest absolute Gasteiger partial charge is 0.253 e. The van der Waals surface area contributed by atoms with E-state index in [2.05, 4.69) is 5.32 Å². The number of Topliss-reactive ketones (excluding diaryl/α,β-unsaturated/α-hetero) is 1. The molecule has 28 heavy (non-hydrogen) atoms. The molecule has 1 amide bonds. The van der Waals surface area contributed by atoms with Gasteiger partial charge in [-0.25, -0.2) is 0 Å². The van der Waals surface area contributed by atoms with Crippen LogP contribution in [0.2, 0.25) is 0 Å². The fourth-order valence-corrected chi connectivity index (χ4v) is 2.90. The monoisotopic (exact) mass is 385 g/mol. The predicted octanol–water partition coefficient (Wildman–Crippen LogP) is 3.08. The third-order valence-electron chi connectivity index (χ3n) is 4.42. The predicted molar refractivity (Wildman–Crippen MR) is 103 cm³/mol. The molecule has 1 saturated heterocycles. The Morgan fingerprint density at radius 1 is 1.07 bits per heavy atom. The molecule has 1 atom stereocenters. The molecule has 0 spiro atoms. The standard InChI is InChI=1S/C21H23NO6/c1-25-16-9-10-17(20(12-16)26-2)18(23)13-28-15-7-5-14(6-8-15)22-21(24)19-4-3-11-27-19/h5-10,12,19H,3-4,11,13H2,1-2H3,(H,22,24). The maximum atomic E-state index is 12.4. The van der Waals surface area contributed by atoms with E-state index in [0.717, 1.165) is 12.8 Å². The molecule has 0 bridgehead atoms. The van der Waals surface area contributed by atoms with Crippen LogP contribution in [0.25, 0.3) is 0 Å². The van der Waals surface area contributed by atoms with Crippen molar-refractivity contribution >= 4 is 17.4 Å². The summed E-state index contributed by atoms with van der Waals surface area (Å²) in [7, 11) is 3.04. The lowest BCUT2D eigenvalue weighted by molar-refractivity contribution is -0.124. The zero-order chi connectivity index (χ0) is 19.9. The average molecular weight is 385 g/mol. The summed E-state index contributed by atoms with van der Waals surface area (Å²) in [6.07, 6.45) is 1.26. The van der Waals surface area contributed by atoms with Crippen LogP contribution in [-0.4, -0.2) is 45.2 Å². The van der Waals surface area contributed by atoms with Gasteiger partial charge in [-0.05, 0) is 49.2 Å². The van der Waals surface area contributed by atoms with E-state index in [0.29, 0.717) is 35.1 Å². The summed E-state index contributed by atoms with van der Waals surface area (Å²) in [4.78, 5) is 24.5. The highest BCUT2D eigenvalue weighted by molar-refractivity contribution is 6.00. The van der Waals surface area contributed by atoms with Gasteiger partial charge in [-0.3, -0.25) is 9.59 Å². The molecule has 1 unspecified atom stereocenters. The van der Waals surface area contributed by atoms with Crippen LogP contribution in [0.4, 0.5) is 5.69 Å². The van der Waals surface area contributed by atoms with Crippen LogP contribution in [0.5, 0.6) is 17.2 Å². The Balaban J connectivity index is 1.56. The summed E-state index contributed by atoms with van der Waals surface area (Å²) in [6.45, 7) is 0.488. The van der Waals surface area contributed by atoms with Crippen LogP contribution >= 0.6 is 0 Å². The first-order valence-corrected chi connectivity index (χ1v) is 9.01. The van der Waals surface area contributed by atoms with Crippen molar-refractivity contribution in [3.05, 3.63) is 48.0 Å². The van der Waals surface area contributed by atoms with Gasteiger partial charge in [0.25, 0.3) is 5.91 Å². The third-order valence-corrected chi connectivity index (χ3v) is 4.42. The van der Waals surface area contributed by atoms with Crippen LogP contribution in [-0.2, 0) is 9.53 Å². The molecule has 1 N–H and O–H groups in total. The number of rotatable bonds is 8. The molecule has 0 saturated carbocycles. The zero-order valence-electron chi connectivity index (χ0n) is 15.9. The molecular weight excluding hydrogens is 362 g/mol. The minimum Gasteiger partial charge on any atom is -0.497 e. The van der Waals surface area contributed by atoms with Crippen molar-refractivity contribution in [1.29, 1.82) is 0 Å². The van der Waals surface area contributed by atoms with Crippen molar-refractivity contribution in [2.24, 2.45) is 0 Å². The summed E-state index contributed by atoms with van der Waals surface area (Å²) in [5.74, 6) is 1.20. The van der Waals surface area contributed by atoms with Crippen molar-refractivity contribution in [2.75, 3.05) is 32.8 Å². The number of ether oxygens (including phenoxy) is 4. The SMILES string of the molecule is COc1ccc(C(=O)COc2ccc(NC(=O)C3CCCO3)cc2)c(OC)c1. The first-order chi connectivity index (χ1) is 13.6. The molecule has 3 rings (SSSR count). The molecule has 1 aliphatic heterocycles. The summed E-state index contributed by atoms with van der Waals surface area (Å²) in [6, 6.07) is 11.8. The van der Waals surface area contributed by atoms with E-state index in [4.69, 9.17) is 18.9 Å². The number of carbonyl (C=O) groups is 2. The quantitative estimate of drug-likeness (QED) is 0.703. The highest BCUT2D eigenvalue weighted by Gasteiger charge is 2.23. The van der Waals surface area contributed by atoms with Crippen molar-refractivity contribution in [1.82, 2.24) is 0 Å². The Labute approximate surface area is 163 Å². The van der Waals surface area contributed by atoms with Crippen molar-refractivity contribution in [2.45, 2.75) is 18.9 Å². The van der Waals surface area contributed by atoms with Gasteiger partial charge in [0.15, 0.2) is 6.61 Å². The number of hydrogen-bond donors (Lipinski definition) is 1. The van der Waals surface area contributed by atoms with Gasteiger partial charge >= 0.3 is 0 Å². The number of methoxy groups -OCH3 is 2. The molecule has 148 valence electrons. The van der Waals surface area contributed by atoms with Gasteiger partial charge in [-0.2, -0.15) is 0 Å². The van der Waals surface area contributed by atoms with Crippen molar-refractivity contribution in [3.63, 3.8) is 0 Å². The highest BCUT2D eigenvalue weighted by atomic mass is 16.5. The lowest BCUT2D eigenvalue weighted by Crippen LogP contribution is -2.26. The minimum absolute atomic E-state index is 0.135. The molecule has 7 nitrogen and oxygen atoms in total. The fraction of sp³-hybridized carbons (Fsp3) is 0.333. The molecule has 7 heteroatoms. The second-order valence-corrected chi connectivity index (χ2v) is 6.29. The van der Waals surface area contributed by atoms with Gasteiger partial charge in [0.05, 0.1) is 19.8 Å². The van der Waals surface area contributed by atoms with Crippen LogP contribution in [0.1, 0.15) is 23.2 Å². The first-order valence-electron chi connectivity index (χ1n) is 9.01. The number of ketones is 1. The van der Waals surface area contributed by atoms with Gasteiger partial charge in [-0.15, -0.1) is 0 Å². The minimum atomic E-state index is -0.381. The number of carbonyl (C=O) groups excluding carboxylic acids is 2. The summed E-state index contributed by atoms with van der Waals surface area (Å²) < 4.78 is 21.3. The van der Waals surface area contributed by atoms with Gasteiger partial charge in [0.2, 0.25) is 5.78 Å². The number of anilines is 1. The molecule has 0 aliphatic carbocycles. The summed E-state index contributed by atoms with van der Waals surface area (Å²) >= 11 is 0. The van der Waals surface area contributed by atoms with E-state index >= 15 is 0 Å². The largest absolute Gasteiger partial charge is 0.497 e. The van der Waals surface area contributed by atoms with Crippen LogP contribution in [0.3, 0.4) is 0 Å². The number of hydrogen-bond acceptors (Lipinski definition) is 6. The van der Waals surface area contributed by atoms with Crippen LogP contribution in [0.15, 0.2) is 42.5 Å². The molecule has 0 radical (unpaired) electrons. The third kappa shape index (κ3) is 4.80. The molecule has 2 aromatic carbocycles. The van der Waals surface area contributed by atoms with E-state index in [9.17, 15) is 9.59 Å². The molecule has 1 aliphatic rings. The Morgan fingerprint density at radius 3 is 2.46 bits per heavy atom. The Morgan fingerprint density at radius 2 is 1.82 bits per heavy atom. The molecule has 1 heterocycles. The van der Waals surface area contributed by atoms with Gasteiger partial charge in [0, 0.05) is 18.4 Å². The first kappa shape index (κ1) is 19.7. The fourth-order valence-electron chi connectivity index (χ4n) is 2.90. The topological polar surface area (TPSA) is 83.1 Å². The normalized spacial score (nSPS) is 15.7. The van der Waals surface area contributed by atoms with E-state index in [1.54, 1.807) is 49.6 Å². The number of amides is 1. The van der Waals surface area contributed by atoms with E-state index in [1.807, 2.05) is 0 Å². The maximum Gasteiger partial charge on any atom is 0.253 e. The summed E-state index contributed by atoms with van der Waals surface area (Å²) in [5, 5.41) is 2.81. The van der Waals surface area contributed by atoms with Gasteiger partial charge in [-0.1, -0.05) is 0 Å².